The maximum absolute atomic E-state index is 5.53. The third-order valence-electron chi connectivity index (χ3n) is 12.9. The van der Waals surface area contributed by atoms with Crippen molar-refractivity contribution in [2.45, 2.75) is 5.92 Å². The van der Waals surface area contributed by atoms with E-state index in [0.29, 0.717) is 0 Å². The lowest BCUT2D eigenvalue weighted by molar-refractivity contribution is 0.971. The van der Waals surface area contributed by atoms with Crippen molar-refractivity contribution >= 4 is 98.2 Å². The van der Waals surface area contributed by atoms with Gasteiger partial charge in [0.1, 0.15) is 5.84 Å². The van der Waals surface area contributed by atoms with Gasteiger partial charge in [-0.15, -0.1) is 0 Å². The number of nitrogens with zero attached hydrogens (tertiary/aromatic N) is 3. The summed E-state index contributed by atoms with van der Waals surface area (Å²) in [6, 6.07) is 70.9. The number of fused-ring (bicyclic) bond motifs is 14. The zero-order valence-electron chi connectivity index (χ0n) is 32.1. The Bertz CT molecular complexity index is 3820. The molecule has 0 bridgehead atoms. The maximum Gasteiger partial charge on any atom is 0.141 e. The standard InChI is InChI=1S/C56H35N3/c1-34-53(46-32-37-16-4-5-17-39(37)42-20-8-9-21-43(42)46)44-22-10-12-24-48(44)57-56(34)59-50-31-28-38(33-47(50)55-41-19-7-3-15-36(41)27-30-52(55)59)58-49-25-13-11-23-45(49)54-40-18-6-2-14-35(40)26-29-51(54)58/h2-33,53H,1H2. The third-order valence-corrected chi connectivity index (χ3v) is 12.9. The quantitative estimate of drug-likeness (QED) is 0.157. The highest BCUT2D eigenvalue weighted by Gasteiger charge is 2.32. The van der Waals surface area contributed by atoms with Gasteiger partial charge in [-0.05, 0) is 103 Å². The summed E-state index contributed by atoms with van der Waals surface area (Å²) >= 11 is 0. The van der Waals surface area contributed by atoms with Gasteiger partial charge in [0.25, 0.3) is 0 Å². The SMILES string of the molecule is C=C1C(n2c3ccc(-n4c5ccccc5c5c6ccccc6ccc54)cc3c3c4ccccc4ccc32)=Nc2ccccc2C1c1cc2ccccc2c2ccccc12. The van der Waals surface area contributed by atoms with Gasteiger partial charge in [0, 0.05) is 38.7 Å². The first-order valence-corrected chi connectivity index (χ1v) is 20.4. The molecule has 0 N–H and O–H groups in total. The van der Waals surface area contributed by atoms with E-state index < -0.39 is 0 Å². The summed E-state index contributed by atoms with van der Waals surface area (Å²) in [5, 5.41) is 14.9. The van der Waals surface area contributed by atoms with E-state index in [1.54, 1.807) is 0 Å². The summed E-state index contributed by atoms with van der Waals surface area (Å²) < 4.78 is 4.83. The lowest BCUT2D eigenvalue weighted by Crippen LogP contribution is -2.23. The minimum absolute atomic E-state index is 0.104. The number of hydrogen-bond acceptors (Lipinski definition) is 1. The fraction of sp³-hybridized carbons (Fsp3) is 0.0179. The highest BCUT2D eigenvalue weighted by atomic mass is 15.1. The maximum atomic E-state index is 5.53. The predicted molar refractivity (Wildman–Crippen MR) is 250 cm³/mol. The van der Waals surface area contributed by atoms with Crippen LogP contribution in [0, 0.1) is 0 Å². The van der Waals surface area contributed by atoms with Crippen LogP contribution in [0.2, 0.25) is 0 Å². The molecule has 1 atom stereocenters. The zero-order valence-corrected chi connectivity index (χ0v) is 32.1. The summed E-state index contributed by atoms with van der Waals surface area (Å²) in [7, 11) is 0. The second-order valence-corrected chi connectivity index (χ2v) is 15.9. The van der Waals surface area contributed by atoms with Crippen molar-refractivity contribution in [3.05, 3.63) is 217 Å². The molecule has 1 unspecified atom stereocenters. The molecule has 0 amide bonds. The lowest BCUT2D eigenvalue weighted by atomic mass is 9.79. The number of benzene rings is 10. The topological polar surface area (TPSA) is 22.2 Å². The fourth-order valence-corrected chi connectivity index (χ4v) is 10.4. The first-order valence-electron chi connectivity index (χ1n) is 20.4. The molecular formula is C56H35N3. The molecule has 1 aliphatic heterocycles. The molecule has 3 heteroatoms. The van der Waals surface area contributed by atoms with Crippen LogP contribution in [0.25, 0.3) is 92.4 Å². The number of para-hydroxylation sites is 2. The van der Waals surface area contributed by atoms with Crippen molar-refractivity contribution in [1.82, 2.24) is 9.13 Å². The average molecular weight is 750 g/mol. The Balaban J connectivity index is 1.10. The normalized spacial score (nSPS) is 14.4. The summed E-state index contributed by atoms with van der Waals surface area (Å²) in [6.45, 7) is 4.97. The average Bonchev–Trinajstić information content (AvgIpc) is 3.82. The molecule has 0 saturated carbocycles. The van der Waals surface area contributed by atoms with Crippen molar-refractivity contribution in [3.8, 4) is 5.69 Å². The van der Waals surface area contributed by atoms with Crippen molar-refractivity contribution < 1.29 is 0 Å². The minimum Gasteiger partial charge on any atom is -0.309 e. The van der Waals surface area contributed by atoms with Crippen LogP contribution in [0.15, 0.2) is 211 Å². The van der Waals surface area contributed by atoms with Crippen LogP contribution in [0.1, 0.15) is 17.0 Å². The van der Waals surface area contributed by atoms with Gasteiger partial charge in [0.15, 0.2) is 0 Å². The van der Waals surface area contributed by atoms with E-state index in [1.807, 2.05) is 0 Å². The van der Waals surface area contributed by atoms with Gasteiger partial charge in [-0.1, -0.05) is 152 Å². The molecule has 0 aliphatic carbocycles. The molecule has 274 valence electrons. The molecule has 0 saturated heterocycles. The van der Waals surface area contributed by atoms with Crippen LogP contribution in [-0.2, 0) is 0 Å². The molecule has 10 aromatic carbocycles. The molecule has 12 aromatic rings. The number of allylic oxidation sites excluding steroid dienone is 1. The first kappa shape index (κ1) is 32.3. The van der Waals surface area contributed by atoms with Crippen LogP contribution < -0.4 is 0 Å². The highest BCUT2D eigenvalue weighted by molar-refractivity contribution is 6.27. The Kier molecular flexibility index (Phi) is 6.65. The Morgan fingerprint density at radius 3 is 1.68 bits per heavy atom. The van der Waals surface area contributed by atoms with Gasteiger partial charge in [-0.3, -0.25) is 4.57 Å². The second kappa shape index (κ2) is 12.1. The van der Waals surface area contributed by atoms with Crippen molar-refractivity contribution in [2.24, 2.45) is 4.99 Å². The molecule has 0 spiro atoms. The van der Waals surface area contributed by atoms with E-state index in [-0.39, 0.29) is 5.92 Å². The van der Waals surface area contributed by atoms with Gasteiger partial charge in [0.05, 0.1) is 27.8 Å². The lowest BCUT2D eigenvalue weighted by Gasteiger charge is -2.30. The van der Waals surface area contributed by atoms with E-state index >= 15 is 0 Å². The van der Waals surface area contributed by atoms with Crippen molar-refractivity contribution in [2.75, 3.05) is 0 Å². The summed E-state index contributed by atoms with van der Waals surface area (Å²) in [5.74, 6) is 0.769. The Hall–Kier alpha value is -7.75. The van der Waals surface area contributed by atoms with E-state index in [4.69, 9.17) is 11.6 Å². The van der Waals surface area contributed by atoms with Crippen LogP contribution in [0.3, 0.4) is 0 Å². The van der Waals surface area contributed by atoms with Gasteiger partial charge >= 0.3 is 0 Å². The predicted octanol–water partition coefficient (Wildman–Crippen LogP) is 14.8. The second-order valence-electron chi connectivity index (χ2n) is 15.9. The summed E-state index contributed by atoms with van der Waals surface area (Å²) in [4.78, 5) is 5.53. The minimum atomic E-state index is -0.104. The highest BCUT2D eigenvalue weighted by Crippen LogP contribution is 2.47. The molecule has 59 heavy (non-hydrogen) atoms. The van der Waals surface area contributed by atoms with E-state index in [2.05, 4.69) is 203 Å². The van der Waals surface area contributed by atoms with Crippen molar-refractivity contribution in [1.29, 1.82) is 0 Å². The van der Waals surface area contributed by atoms with Crippen molar-refractivity contribution in [3.63, 3.8) is 0 Å². The fourth-order valence-electron chi connectivity index (χ4n) is 10.4. The molecule has 13 rings (SSSR count). The monoisotopic (exact) mass is 749 g/mol. The van der Waals surface area contributed by atoms with E-state index in [1.165, 1.54) is 86.8 Å². The molecule has 3 nitrogen and oxygen atoms in total. The number of aliphatic imine (C=N–C) groups is 1. The molecule has 0 radical (unpaired) electrons. The first-order chi connectivity index (χ1) is 29.2. The summed E-state index contributed by atoms with van der Waals surface area (Å²) in [6.07, 6.45) is 0. The van der Waals surface area contributed by atoms with Crippen LogP contribution in [0.4, 0.5) is 5.69 Å². The molecular weight excluding hydrogens is 715 g/mol. The van der Waals surface area contributed by atoms with Crippen LogP contribution >= 0.6 is 0 Å². The number of rotatable bonds is 2. The molecule has 0 fully saturated rings. The van der Waals surface area contributed by atoms with Gasteiger partial charge in [-0.2, -0.15) is 0 Å². The van der Waals surface area contributed by atoms with Crippen LogP contribution in [0.5, 0.6) is 0 Å². The van der Waals surface area contributed by atoms with Gasteiger partial charge in [0.2, 0.25) is 0 Å². The number of hydrogen-bond donors (Lipinski definition) is 0. The van der Waals surface area contributed by atoms with E-state index in [0.717, 1.165) is 33.8 Å². The van der Waals surface area contributed by atoms with Gasteiger partial charge < -0.3 is 4.57 Å². The number of aromatic nitrogens is 2. The zero-order chi connectivity index (χ0) is 38.8. The molecule has 2 aromatic heterocycles. The Morgan fingerprint density at radius 2 is 0.915 bits per heavy atom. The molecule has 3 heterocycles. The Morgan fingerprint density at radius 1 is 0.373 bits per heavy atom. The van der Waals surface area contributed by atoms with E-state index in [9.17, 15) is 0 Å². The van der Waals surface area contributed by atoms with Gasteiger partial charge in [-0.25, -0.2) is 4.99 Å². The largest absolute Gasteiger partial charge is 0.309 e. The third kappa shape index (κ3) is 4.50. The Labute approximate surface area is 340 Å². The van der Waals surface area contributed by atoms with Crippen LogP contribution in [-0.4, -0.2) is 15.0 Å². The summed E-state index contributed by atoms with van der Waals surface area (Å²) in [5.41, 5.74) is 10.1. The molecule has 1 aliphatic rings. The smallest absolute Gasteiger partial charge is 0.141 e.